The zero-order valence-corrected chi connectivity index (χ0v) is 12.4. The first-order chi connectivity index (χ1) is 8.80. The van der Waals surface area contributed by atoms with Gasteiger partial charge in [0.15, 0.2) is 0 Å². The Morgan fingerprint density at radius 2 is 2.00 bits per heavy atom. The summed E-state index contributed by atoms with van der Waals surface area (Å²) in [7, 11) is 1.34. The van der Waals surface area contributed by atoms with E-state index in [1.807, 2.05) is 0 Å². The average Bonchev–Trinajstić information content (AvgIpc) is 2.35. The molecule has 0 saturated heterocycles. The number of nitrogens with one attached hydrogen (secondary N) is 1. The van der Waals surface area contributed by atoms with Gasteiger partial charge in [-0.05, 0) is 24.2 Å². The summed E-state index contributed by atoms with van der Waals surface area (Å²) in [5.74, 6) is -0.0243. The lowest BCUT2D eigenvalue weighted by atomic mass is 9.61. The summed E-state index contributed by atoms with van der Waals surface area (Å²) < 4.78 is 4.54. The zero-order valence-electron chi connectivity index (χ0n) is 12.4. The fourth-order valence-corrected chi connectivity index (χ4v) is 2.83. The van der Waals surface area contributed by atoms with Gasteiger partial charge in [-0.1, -0.05) is 20.8 Å². The first-order valence-corrected chi connectivity index (χ1v) is 6.90. The molecular formula is C14H26N2O3. The predicted molar refractivity (Wildman–Crippen MR) is 73.3 cm³/mol. The maximum atomic E-state index is 12.2. The van der Waals surface area contributed by atoms with Crippen LogP contribution in [0.5, 0.6) is 0 Å². The van der Waals surface area contributed by atoms with Gasteiger partial charge in [-0.25, -0.2) is 0 Å². The number of amides is 1. The summed E-state index contributed by atoms with van der Waals surface area (Å²) in [4.78, 5) is 23.2. The molecule has 1 aliphatic rings. The van der Waals surface area contributed by atoms with E-state index in [1.165, 1.54) is 7.11 Å². The van der Waals surface area contributed by atoms with Gasteiger partial charge in [0.05, 0.1) is 13.5 Å². The van der Waals surface area contributed by atoms with Crippen LogP contribution in [-0.2, 0) is 14.3 Å². The topological polar surface area (TPSA) is 81.4 Å². The van der Waals surface area contributed by atoms with Crippen LogP contribution in [0.4, 0.5) is 0 Å². The van der Waals surface area contributed by atoms with Gasteiger partial charge in [-0.2, -0.15) is 0 Å². The van der Waals surface area contributed by atoms with Gasteiger partial charge < -0.3 is 15.8 Å². The van der Waals surface area contributed by atoms with Crippen molar-refractivity contribution >= 4 is 11.9 Å². The lowest BCUT2D eigenvalue weighted by Gasteiger charge is -2.46. The van der Waals surface area contributed by atoms with Crippen LogP contribution in [-0.4, -0.2) is 31.6 Å². The van der Waals surface area contributed by atoms with Crippen molar-refractivity contribution in [2.45, 2.75) is 46.1 Å². The van der Waals surface area contributed by atoms with Gasteiger partial charge in [0.1, 0.15) is 0 Å². The summed E-state index contributed by atoms with van der Waals surface area (Å²) in [5.41, 5.74) is 5.96. The standard InChI is InChI=1S/C14H26N2O3/c1-9-11(15)6-5-10(14(9,2)3)13(18)16-8-7-12(17)19-4/h9-11H,5-8,15H2,1-4H3,(H,16,18). The Kier molecular flexibility index (Phi) is 5.35. The Bertz CT molecular complexity index is 342. The minimum Gasteiger partial charge on any atom is -0.469 e. The molecule has 0 aliphatic heterocycles. The van der Waals surface area contributed by atoms with E-state index in [-0.39, 0.29) is 35.7 Å². The fraction of sp³-hybridized carbons (Fsp3) is 0.857. The molecule has 0 spiro atoms. The van der Waals surface area contributed by atoms with Crippen molar-refractivity contribution in [1.82, 2.24) is 5.32 Å². The second-order valence-corrected chi connectivity index (χ2v) is 6.02. The number of rotatable bonds is 4. The van der Waals surface area contributed by atoms with Crippen LogP contribution in [0.1, 0.15) is 40.0 Å². The molecule has 1 aliphatic carbocycles. The molecule has 3 unspecified atom stereocenters. The number of esters is 1. The molecule has 110 valence electrons. The smallest absolute Gasteiger partial charge is 0.307 e. The van der Waals surface area contributed by atoms with E-state index >= 15 is 0 Å². The van der Waals surface area contributed by atoms with Crippen molar-refractivity contribution in [3.8, 4) is 0 Å². The van der Waals surface area contributed by atoms with Crippen molar-refractivity contribution < 1.29 is 14.3 Å². The van der Waals surface area contributed by atoms with Gasteiger partial charge >= 0.3 is 5.97 Å². The quantitative estimate of drug-likeness (QED) is 0.749. The summed E-state index contributed by atoms with van der Waals surface area (Å²) in [6, 6.07) is 0.161. The van der Waals surface area contributed by atoms with E-state index in [4.69, 9.17) is 5.73 Å². The van der Waals surface area contributed by atoms with Crippen LogP contribution in [0.3, 0.4) is 0 Å². The third kappa shape index (κ3) is 3.69. The molecule has 5 heteroatoms. The van der Waals surface area contributed by atoms with Gasteiger partial charge in [-0.15, -0.1) is 0 Å². The van der Waals surface area contributed by atoms with Crippen LogP contribution in [0.25, 0.3) is 0 Å². The molecule has 0 aromatic heterocycles. The third-order valence-electron chi connectivity index (χ3n) is 4.68. The number of carbonyl (C=O) groups is 2. The van der Waals surface area contributed by atoms with E-state index < -0.39 is 0 Å². The zero-order chi connectivity index (χ0) is 14.6. The lowest BCUT2D eigenvalue weighted by molar-refractivity contribution is -0.140. The van der Waals surface area contributed by atoms with Crippen molar-refractivity contribution in [1.29, 1.82) is 0 Å². The van der Waals surface area contributed by atoms with E-state index in [1.54, 1.807) is 0 Å². The second-order valence-electron chi connectivity index (χ2n) is 6.02. The fourth-order valence-electron chi connectivity index (χ4n) is 2.83. The molecule has 1 saturated carbocycles. The Hall–Kier alpha value is -1.10. The summed E-state index contributed by atoms with van der Waals surface area (Å²) in [6.45, 7) is 6.64. The molecule has 1 fully saturated rings. The highest BCUT2D eigenvalue weighted by Crippen LogP contribution is 2.44. The minimum atomic E-state index is -0.307. The van der Waals surface area contributed by atoms with E-state index in [9.17, 15) is 9.59 Å². The maximum Gasteiger partial charge on any atom is 0.307 e. The molecule has 1 amide bonds. The van der Waals surface area contributed by atoms with Crippen molar-refractivity contribution in [3.05, 3.63) is 0 Å². The van der Waals surface area contributed by atoms with E-state index in [0.29, 0.717) is 12.5 Å². The highest BCUT2D eigenvalue weighted by Gasteiger charge is 2.44. The van der Waals surface area contributed by atoms with E-state index in [0.717, 1.165) is 12.8 Å². The largest absolute Gasteiger partial charge is 0.469 e. The number of carbonyl (C=O) groups excluding carboxylic acids is 2. The molecule has 0 aromatic rings. The first-order valence-electron chi connectivity index (χ1n) is 6.90. The normalized spacial score (nSPS) is 29.6. The van der Waals surface area contributed by atoms with Crippen LogP contribution < -0.4 is 11.1 Å². The number of ether oxygens (including phenoxy) is 1. The van der Waals surface area contributed by atoms with Gasteiger partial charge in [-0.3, -0.25) is 9.59 Å². The van der Waals surface area contributed by atoms with Gasteiger partial charge in [0.2, 0.25) is 5.91 Å². The van der Waals surface area contributed by atoms with Crippen molar-refractivity contribution in [2.24, 2.45) is 23.0 Å². The van der Waals surface area contributed by atoms with Crippen molar-refractivity contribution in [3.63, 3.8) is 0 Å². The molecule has 0 aromatic carbocycles. The van der Waals surface area contributed by atoms with Gasteiger partial charge in [0, 0.05) is 18.5 Å². The number of methoxy groups -OCH3 is 1. The predicted octanol–water partition coefficient (Wildman–Crippen LogP) is 1.07. The molecule has 0 bridgehead atoms. The molecule has 0 radical (unpaired) electrons. The third-order valence-corrected chi connectivity index (χ3v) is 4.68. The second kappa shape index (κ2) is 6.37. The Morgan fingerprint density at radius 1 is 1.37 bits per heavy atom. The van der Waals surface area contributed by atoms with Crippen molar-refractivity contribution in [2.75, 3.05) is 13.7 Å². The molecule has 3 atom stereocenters. The summed E-state index contributed by atoms with van der Waals surface area (Å²) in [6.07, 6.45) is 1.90. The molecule has 0 heterocycles. The van der Waals surface area contributed by atoms with E-state index in [2.05, 4.69) is 30.8 Å². The molecule has 19 heavy (non-hydrogen) atoms. The molecule has 1 rings (SSSR count). The lowest BCUT2D eigenvalue weighted by Crippen LogP contribution is -2.51. The summed E-state index contributed by atoms with van der Waals surface area (Å²) in [5, 5.41) is 2.83. The first kappa shape index (κ1) is 16.0. The number of hydrogen-bond acceptors (Lipinski definition) is 4. The Labute approximate surface area is 115 Å². The van der Waals surface area contributed by atoms with Crippen LogP contribution >= 0.6 is 0 Å². The molecule has 3 N–H and O–H groups in total. The van der Waals surface area contributed by atoms with Crippen LogP contribution in [0, 0.1) is 17.3 Å². The highest BCUT2D eigenvalue weighted by atomic mass is 16.5. The minimum absolute atomic E-state index is 0.0210. The number of nitrogens with two attached hydrogens (primary N) is 1. The average molecular weight is 270 g/mol. The van der Waals surface area contributed by atoms with Crippen LogP contribution in [0.15, 0.2) is 0 Å². The molecule has 5 nitrogen and oxygen atoms in total. The Balaban J connectivity index is 2.54. The van der Waals surface area contributed by atoms with Gasteiger partial charge in [0.25, 0.3) is 0 Å². The summed E-state index contributed by atoms with van der Waals surface area (Å²) >= 11 is 0. The maximum absolute atomic E-state index is 12.2. The Morgan fingerprint density at radius 3 is 2.58 bits per heavy atom. The number of hydrogen-bond donors (Lipinski definition) is 2. The van der Waals surface area contributed by atoms with Crippen LogP contribution in [0.2, 0.25) is 0 Å². The molecular weight excluding hydrogens is 244 g/mol. The SMILES string of the molecule is COC(=O)CCNC(=O)C1CCC(N)C(C)C1(C)C. The monoisotopic (exact) mass is 270 g/mol. The highest BCUT2D eigenvalue weighted by molar-refractivity contribution is 5.80.